The van der Waals surface area contributed by atoms with Crippen molar-refractivity contribution in [3.8, 4) is 0 Å². The van der Waals surface area contributed by atoms with Crippen LogP contribution in [0.3, 0.4) is 0 Å². The maximum atomic E-state index is 12.3. The van der Waals surface area contributed by atoms with Crippen molar-refractivity contribution < 1.29 is 17.9 Å². The van der Waals surface area contributed by atoms with Crippen molar-refractivity contribution in [3.63, 3.8) is 0 Å². The van der Waals surface area contributed by atoms with E-state index in [9.17, 15) is 13.5 Å². The molecule has 1 aliphatic rings. The highest BCUT2D eigenvalue weighted by molar-refractivity contribution is 7.89. The van der Waals surface area contributed by atoms with Crippen molar-refractivity contribution in [1.29, 1.82) is 0 Å². The Morgan fingerprint density at radius 2 is 2.19 bits per heavy atom. The summed E-state index contributed by atoms with van der Waals surface area (Å²) in [6.07, 6.45) is 3.65. The van der Waals surface area contributed by atoms with Crippen LogP contribution in [0.5, 0.6) is 0 Å². The molecule has 3 rings (SSSR count). The second kappa shape index (κ2) is 5.32. The molecule has 1 aliphatic carbocycles. The van der Waals surface area contributed by atoms with Crippen LogP contribution in [0.1, 0.15) is 36.1 Å². The Hall–Kier alpha value is -1.57. The Balaban J connectivity index is 1.77. The minimum atomic E-state index is -3.61. The lowest BCUT2D eigenvalue weighted by Gasteiger charge is -2.04. The third-order valence-electron chi connectivity index (χ3n) is 3.55. The molecule has 2 N–H and O–H groups in total. The van der Waals surface area contributed by atoms with Crippen molar-refractivity contribution >= 4 is 10.0 Å². The zero-order valence-corrected chi connectivity index (χ0v) is 12.6. The molecule has 0 aliphatic heterocycles. The van der Waals surface area contributed by atoms with Gasteiger partial charge in [0.25, 0.3) is 0 Å². The number of hydrogen-bond acceptors (Lipinski definition) is 4. The number of aromatic nitrogens is 1. The quantitative estimate of drug-likeness (QED) is 0.850. The fourth-order valence-corrected chi connectivity index (χ4v) is 3.33. The highest BCUT2D eigenvalue weighted by atomic mass is 32.2. The van der Waals surface area contributed by atoms with Crippen LogP contribution >= 0.6 is 0 Å². The third-order valence-corrected chi connectivity index (χ3v) is 4.92. The lowest BCUT2D eigenvalue weighted by Crippen LogP contribution is -2.22. The first-order valence-electron chi connectivity index (χ1n) is 6.86. The fraction of sp³-hybridized carbons (Fsp3) is 0.429. The monoisotopic (exact) mass is 310 g/mol. The average Bonchev–Trinajstić information content (AvgIpc) is 3.05. The molecule has 2 aromatic heterocycles. The molecule has 0 saturated heterocycles. The summed E-state index contributed by atoms with van der Waals surface area (Å²) < 4.78 is 34.3. The van der Waals surface area contributed by atoms with Crippen molar-refractivity contribution in [2.75, 3.05) is 0 Å². The third kappa shape index (κ3) is 3.04. The predicted octanol–water partition coefficient (Wildman–Crippen LogP) is 1.70. The number of nitrogens with zero attached hydrogens (tertiary/aromatic N) is 1. The van der Waals surface area contributed by atoms with Crippen LogP contribution < -0.4 is 4.72 Å². The van der Waals surface area contributed by atoms with E-state index in [0.29, 0.717) is 17.5 Å². The van der Waals surface area contributed by atoms with E-state index >= 15 is 0 Å². The molecule has 0 bridgehead atoms. The number of sulfonamides is 1. The molecule has 7 heteroatoms. The molecule has 2 aromatic rings. The topological polar surface area (TPSA) is 84.5 Å². The predicted molar refractivity (Wildman–Crippen MR) is 76.1 cm³/mol. The maximum Gasteiger partial charge on any atom is 0.242 e. The molecule has 0 aromatic carbocycles. The molecule has 0 amide bonds. The van der Waals surface area contributed by atoms with E-state index in [1.54, 1.807) is 25.3 Å². The minimum Gasteiger partial charge on any atom is -0.465 e. The number of aliphatic hydroxyl groups excluding tert-OH is 1. The van der Waals surface area contributed by atoms with Crippen LogP contribution in [0.25, 0.3) is 0 Å². The van der Waals surface area contributed by atoms with Crippen molar-refractivity contribution in [2.45, 2.75) is 43.9 Å². The highest BCUT2D eigenvalue weighted by Gasteiger charge is 2.28. The van der Waals surface area contributed by atoms with Crippen LogP contribution in [-0.4, -0.2) is 18.1 Å². The smallest absolute Gasteiger partial charge is 0.242 e. The maximum absolute atomic E-state index is 12.3. The first kappa shape index (κ1) is 14.4. The summed E-state index contributed by atoms with van der Waals surface area (Å²) in [4.78, 5) is 0.182. The molecule has 0 atom stereocenters. The number of furan rings is 1. The number of aliphatic hydroxyl groups is 1. The van der Waals surface area contributed by atoms with E-state index in [0.717, 1.165) is 18.6 Å². The lowest BCUT2D eigenvalue weighted by molar-refractivity contribution is 0.270. The Bertz CT molecular complexity index is 741. The Kier molecular flexibility index (Phi) is 3.64. The first-order valence-corrected chi connectivity index (χ1v) is 8.34. The van der Waals surface area contributed by atoms with Gasteiger partial charge >= 0.3 is 0 Å². The molecule has 6 nitrogen and oxygen atoms in total. The Morgan fingerprint density at radius 3 is 2.76 bits per heavy atom. The first-order chi connectivity index (χ1) is 9.99. The lowest BCUT2D eigenvalue weighted by atomic mass is 10.4. The fourth-order valence-electron chi connectivity index (χ4n) is 2.29. The van der Waals surface area contributed by atoms with E-state index < -0.39 is 10.0 Å². The number of nitrogens with one attached hydrogen (secondary N) is 1. The molecule has 114 valence electrons. The van der Waals surface area contributed by atoms with Gasteiger partial charge in [0.05, 0.1) is 18.0 Å². The van der Waals surface area contributed by atoms with Crippen molar-refractivity contribution in [2.24, 2.45) is 0 Å². The SMILES string of the molecule is Cc1ccc(CNS(=O)(=O)c2cc(CO)n(C3CC3)c2)o1. The van der Waals surface area contributed by atoms with Crippen LogP contribution in [0, 0.1) is 6.92 Å². The minimum absolute atomic E-state index is 0.110. The molecule has 0 radical (unpaired) electrons. The summed E-state index contributed by atoms with van der Waals surface area (Å²) >= 11 is 0. The van der Waals surface area contributed by atoms with Gasteiger partial charge < -0.3 is 14.1 Å². The summed E-state index contributed by atoms with van der Waals surface area (Å²) in [6.45, 7) is 1.75. The van der Waals surface area contributed by atoms with Gasteiger partial charge in [0, 0.05) is 17.9 Å². The van der Waals surface area contributed by atoms with Gasteiger partial charge in [0.15, 0.2) is 0 Å². The van der Waals surface area contributed by atoms with E-state index in [2.05, 4.69) is 4.72 Å². The Labute approximate surface area is 123 Å². The zero-order chi connectivity index (χ0) is 15.0. The van der Waals surface area contributed by atoms with Crippen LogP contribution in [0.15, 0.2) is 33.7 Å². The summed E-state index contributed by atoms with van der Waals surface area (Å²) in [6, 6.07) is 5.38. The Morgan fingerprint density at radius 1 is 1.43 bits per heavy atom. The summed E-state index contributed by atoms with van der Waals surface area (Å²) in [5.41, 5.74) is 0.631. The zero-order valence-electron chi connectivity index (χ0n) is 11.7. The molecule has 0 spiro atoms. The molecule has 1 saturated carbocycles. The second-order valence-electron chi connectivity index (χ2n) is 5.30. The summed E-state index contributed by atoms with van der Waals surface area (Å²) in [5.74, 6) is 1.31. The molecular formula is C14H18N2O4S. The van der Waals surface area contributed by atoms with E-state index in [-0.39, 0.29) is 18.0 Å². The molecular weight excluding hydrogens is 292 g/mol. The standard InChI is InChI=1S/C14H18N2O4S/c1-10-2-5-13(20-10)7-15-21(18,19)14-6-12(9-17)16(8-14)11-3-4-11/h2,5-6,8,11,15,17H,3-4,7,9H2,1H3. The van der Waals surface area contributed by atoms with Gasteiger partial charge in [-0.3, -0.25) is 0 Å². The van der Waals surface area contributed by atoms with Gasteiger partial charge in [-0.15, -0.1) is 0 Å². The van der Waals surface area contributed by atoms with Crippen molar-refractivity contribution in [1.82, 2.24) is 9.29 Å². The van der Waals surface area contributed by atoms with E-state index in [4.69, 9.17) is 4.42 Å². The van der Waals surface area contributed by atoms with Gasteiger partial charge in [0.2, 0.25) is 10.0 Å². The van der Waals surface area contributed by atoms with Crippen LogP contribution in [0.2, 0.25) is 0 Å². The van der Waals surface area contributed by atoms with Gasteiger partial charge in [-0.1, -0.05) is 0 Å². The molecule has 2 heterocycles. The van der Waals surface area contributed by atoms with Gasteiger partial charge in [-0.05, 0) is 38.0 Å². The van der Waals surface area contributed by atoms with Gasteiger partial charge in [-0.25, -0.2) is 13.1 Å². The van der Waals surface area contributed by atoms with E-state index in [1.807, 2.05) is 4.57 Å². The van der Waals surface area contributed by atoms with Crippen LogP contribution in [-0.2, 0) is 23.2 Å². The largest absolute Gasteiger partial charge is 0.465 e. The number of rotatable bonds is 6. The molecule has 21 heavy (non-hydrogen) atoms. The van der Waals surface area contributed by atoms with Gasteiger partial charge in [0.1, 0.15) is 11.5 Å². The summed E-state index contributed by atoms with van der Waals surface area (Å²) in [7, 11) is -3.61. The van der Waals surface area contributed by atoms with Gasteiger partial charge in [-0.2, -0.15) is 0 Å². The highest BCUT2D eigenvalue weighted by Crippen LogP contribution is 2.37. The normalized spacial score (nSPS) is 15.5. The van der Waals surface area contributed by atoms with Crippen molar-refractivity contribution in [3.05, 3.63) is 41.6 Å². The molecule has 0 unspecified atom stereocenters. The average molecular weight is 310 g/mol. The number of aryl methyl sites for hydroxylation is 1. The second-order valence-corrected chi connectivity index (χ2v) is 7.07. The van der Waals surface area contributed by atoms with Crippen LogP contribution in [0.4, 0.5) is 0 Å². The summed E-state index contributed by atoms with van der Waals surface area (Å²) in [5, 5.41) is 9.33. The number of hydrogen-bond donors (Lipinski definition) is 2. The molecule has 1 fully saturated rings. The van der Waals surface area contributed by atoms with E-state index in [1.165, 1.54) is 6.07 Å².